The number of alkyl halides is 3. The average Bonchev–Trinajstić information content (AvgIpc) is 2.43. The Morgan fingerprint density at radius 1 is 1.32 bits per heavy atom. The van der Waals surface area contributed by atoms with E-state index in [1.54, 1.807) is 0 Å². The molecule has 0 saturated heterocycles. The van der Waals surface area contributed by atoms with Gasteiger partial charge in [0, 0.05) is 5.56 Å². The van der Waals surface area contributed by atoms with E-state index in [1.165, 1.54) is 19.2 Å². The molecular weight excluding hydrogens is 305 g/mol. The Morgan fingerprint density at radius 3 is 2.41 bits per heavy atom. The van der Waals surface area contributed by atoms with E-state index in [0.717, 1.165) is 13.0 Å². The van der Waals surface area contributed by atoms with Gasteiger partial charge in [0.2, 0.25) is 6.10 Å². The van der Waals surface area contributed by atoms with Crippen molar-refractivity contribution in [2.24, 2.45) is 0 Å². The molecule has 0 bridgehead atoms. The van der Waals surface area contributed by atoms with Gasteiger partial charge in [0.1, 0.15) is 11.5 Å². The summed E-state index contributed by atoms with van der Waals surface area (Å²) in [5, 5.41) is 8.96. The number of carbonyl (C=O) groups is 2. The second-order valence-corrected chi connectivity index (χ2v) is 4.59. The second-order valence-electron chi connectivity index (χ2n) is 4.59. The van der Waals surface area contributed by atoms with Gasteiger partial charge in [-0.2, -0.15) is 13.2 Å². The number of methoxy groups -OCH3 is 1. The van der Waals surface area contributed by atoms with Gasteiger partial charge in [0.25, 0.3) is 0 Å². The lowest BCUT2D eigenvalue weighted by Crippen LogP contribution is -2.40. The number of hydrogen-bond acceptors (Lipinski definition) is 4. The summed E-state index contributed by atoms with van der Waals surface area (Å²) in [7, 11) is 1.32. The van der Waals surface area contributed by atoms with Crippen molar-refractivity contribution < 1.29 is 37.3 Å². The molecule has 8 heteroatoms. The minimum atomic E-state index is -4.92. The molecule has 0 saturated carbocycles. The zero-order chi connectivity index (χ0) is 16.7. The Hall–Kier alpha value is -2.51. The summed E-state index contributed by atoms with van der Waals surface area (Å²) in [5.41, 5.74) is -1.02. The summed E-state index contributed by atoms with van der Waals surface area (Å²) in [6.07, 6.45) is -6.71. The van der Waals surface area contributed by atoms with Crippen LogP contribution in [-0.2, 0) is 4.79 Å². The zero-order valence-corrected chi connectivity index (χ0v) is 11.5. The predicted molar refractivity (Wildman–Crippen MR) is 69.1 cm³/mol. The van der Waals surface area contributed by atoms with Crippen LogP contribution in [0.3, 0.4) is 0 Å². The molecule has 1 N–H and O–H groups in total. The van der Waals surface area contributed by atoms with E-state index in [2.05, 4.69) is 0 Å². The highest BCUT2D eigenvalue weighted by molar-refractivity contribution is 6.01. The fourth-order valence-electron chi connectivity index (χ4n) is 2.08. The predicted octanol–water partition coefficient (Wildman–Crippen LogP) is 2.69. The maximum Gasteiger partial charge on any atom is 0.430 e. The molecule has 2 rings (SSSR count). The Labute approximate surface area is 122 Å². The van der Waals surface area contributed by atoms with Gasteiger partial charge in [-0.05, 0) is 25.1 Å². The Balaban J connectivity index is 2.69. The molecule has 1 aromatic carbocycles. The summed E-state index contributed by atoms with van der Waals surface area (Å²) in [5.74, 6) is -2.37. The van der Waals surface area contributed by atoms with Crippen LogP contribution < -0.4 is 9.47 Å². The summed E-state index contributed by atoms with van der Waals surface area (Å²) >= 11 is 0. The highest BCUT2D eigenvalue weighted by Crippen LogP contribution is 2.41. The molecule has 118 valence electrons. The first-order chi connectivity index (χ1) is 10.1. The summed E-state index contributed by atoms with van der Waals surface area (Å²) in [6.45, 7) is 1.16. The number of ketones is 1. The standard InChI is InChI=1S/C14H11F3O5/c1-6(18)9-5-8(21-2)3-7-4-10(13(19)20)12(14(15,16)17)22-11(7)9/h3-5,12H,1-2H3,(H,19,20). The molecule has 1 unspecified atom stereocenters. The van der Waals surface area contributed by atoms with Crippen molar-refractivity contribution in [3.05, 3.63) is 28.8 Å². The fraction of sp³-hybridized carbons (Fsp3) is 0.286. The van der Waals surface area contributed by atoms with E-state index in [4.69, 9.17) is 14.6 Å². The number of carboxylic acid groups (broad SMARTS) is 1. The molecule has 0 fully saturated rings. The van der Waals surface area contributed by atoms with Crippen LogP contribution in [0.1, 0.15) is 22.8 Å². The van der Waals surface area contributed by atoms with E-state index in [0.29, 0.717) is 0 Å². The van der Waals surface area contributed by atoms with Crippen molar-refractivity contribution in [1.29, 1.82) is 0 Å². The van der Waals surface area contributed by atoms with Crippen LogP contribution in [-0.4, -0.2) is 36.2 Å². The van der Waals surface area contributed by atoms with Gasteiger partial charge in [0.05, 0.1) is 18.2 Å². The van der Waals surface area contributed by atoms with Crippen LogP contribution in [0.25, 0.3) is 6.08 Å². The topological polar surface area (TPSA) is 72.8 Å². The largest absolute Gasteiger partial charge is 0.497 e. The third kappa shape index (κ3) is 2.76. The van der Waals surface area contributed by atoms with Gasteiger partial charge < -0.3 is 14.6 Å². The molecule has 0 radical (unpaired) electrons. The SMILES string of the molecule is COc1cc2c(c(C(C)=O)c1)OC(C(F)(F)F)C(C(=O)O)=C2. The molecule has 1 aromatic rings. The number of halogens is 3. The zero-order valence-electron chi connectivity index (χ0n) is 11.5. The normalized spacial score (nSPS) is 17.1. The van der Waals surface area contributed by atoms with Crippen molar-refractivity contribution in [2.45, 2.75) is 19.2 Å². The van der Waals surface area contributed by atoms with Gasteiger partial charge in [-0.15, -0.1) is 0 Å². The highest BCUT2D eigenvalue weighted by atomic mass is 19.4. The lowest BCUT2D eigenvalue weighted by Gasteiger charge is -2.28. The maximum absolute atomic E-state index is 13.0. The number of carbonyl (C=O) groups excluding carboxylic acids is 1. The van der Waals surface area contributed by atoms with Crippen LogP contribution in [0.4, 0.5) is 13.2 Å². The minimum Gasteiger partial charge on any atom is -0.497 e. The number of rotatable bonds is 3. The van der Waals surface area contributed by atoms with Crippen LogP contribution in [0.5, 0.6) is 11.5 Å². The molecule has 0 amide bonds. The van der Waals surface area contributed by atoms with Gasteiger partial charge in [0.15, 0.2) is 5.78 Å². The lowest BCUT2D eigenvalue weighted by atomic mass is 9.97. The van der Waals surface area contributed by atoms with Crippen molar-refractivity contribution in [3.8, 4) is 11.5 Å². The van der Waals surface area contributed by atoms with E-state index in [1.807, 2.05) is 0 Å². The number of benzene rings is 1. The van der Waals surface area contributed by atoms with Crippen molar-refractivity contribution in [2.75, 3.05) is 7.11 Å². The highest BCUT2D eigenvalue weighted by Gasteiger charge is 2.49. The van der Waals surface area contributed by atoms with Crippen LogP contribution in [0.15, 0.2) is 17.7 Å². The van der Waals surface area contributed by atoms with Crippen molar-refractivity contribution in [3.63, 3.8) is 0 Å². The maximum atomic E-state index is 13.0. The van der Waals surface area contributed by atoms with Crippen LogP contribution in [0, 0.1) is 0 Å². The third-order valence-corrected chi connectivity index (χ3v) is 3.08. The summed E-state index contributed by atoms with van der Waals surface area (Å²) in [6, 6.07) is 2.55. The lowest BCUT2D eigenvalue weighted by molar-refractivity contribution is -0.187. The molecule has 0 spiro atoms. The Morgan fingerprint density at radius 2 is 1.95 bits per heavy atom. The van der Waals surface area contributed by atoms with Crippen molar-refractivity contribution >= 4 is 17.8 Å². The third-order valence-electron chi connectivity index (χ3n) is 3.08. The van der Waals surface area contributed by atoms with E-state index in [-0.39, 0.29) is 22.6 Å². The van der Waals surface area contributed by atoms with E-state index >= 15 is 0 Å². The molecule has 1 atom stereocenters. The van der Waals surface area contributed by atoms with Crippen LogP contribution in [0.2, 0.25) is 0 Å². The van der Waals surface area contributed by atoms with Gasteiger partial charge >= 0.3 is 12.1 Å². The molecule has 0 aromatic heterocycles. The smallest absolute Gasteiger partial charge is 0.430 e. The first-order valence-electron chi connectivity index (χ1n) is 6.06. The minimum absolute atomic E-state index is 0.0439. The molecule has 5 nitrogen and oxygen atoms in total. The summed E-state index contributed by atoms with van der Waals surface area (Å²) < 4.78 is 48.7. The van der Waals surface area contributed by atoms with Gasteiger partial charge in [-0.3, -0.25) is 4.79 Å². The molecule has 1 aliphatic rings. The summed E-state index contributed by atoms with van der Waals surface area (Å²) in [4.78, 5) is 22.7. The number of aliphatic carboxylic acids is 1. The monoisotopic (exact) mass is 316 g/mol. The molecule has 22 heavy (non-hydrogen) atoms. The molecule has 0 aliphatic carbocycles. The molecule has 1 heterocycles. The van der Waals surface area contributed by atoms with E-state index < -0.39 is 29.6 Å². The number of carboxylic acids is 1. The van der Waals surface area contributed by atoms with Gasteiger partial charge in [-0.25, -0.2) is 4.79 Å². The van der Waals surface area contributed by atoms with Gasteiger partial charge in [-0.1, -0.05) is 0 Å². The fourth-order valence-corrected chi connectivity index (χ4v) is 2.08. The number of fused-ring (bicyclic) bond motifs is 1. The van der Waals surface area contributed by atoms with E-state index in [9.17, 15) is 22.8 Å². The average molecular weight is 316 g/mol. The van der Waals surface area contributed by atoms with Crippen LogP contribution >= 0.6 is 0 Å². The quantitative estimate of drug-likeness (QED) is 0.868. The molecule has 1 aliphatic heterocycles. The number of hydrogen-bond donors (Lipinski definition) is 1. The first-order valence-corrected chi connectivity index (χ1v) is 6.06. The Kier molecular flexibility index (Phi) is 3.87. The first kappa shape index (κ1) is 15.9. The number of Topliss-reactive ketones (excluding diaryl/α,β-unsaturated/α-hetero) is 1. The molecular formula is C14H11F3O5. The Bertz CT molecular complexity index is 676. The van der Waals surface area contributed by atoms with Crippen molar-refractivity contribution in [1.82, 2.24) is 0 Å². The second kappa shape index (κ2) is 5.36. The number of ether oxygens (including phenoxy) is 2.